The predicted octanol–water partition coefficient (Wildman–Crippen LogP) is 16.6. The third-order valence-corrected chi connectivity index (χ3v) is 17.0. The third-order valence-electron chi connectivity index (χ3n) is 15.1. The van der Waals surface area contributed by atoms with E-state index in [-0.39, 0.29) is 43.8 Å². The van der Waals surface area contributed by atoms with Crippen LogP contribution in [-0.4, -0.2) is 103 Å². The number of aromatic nitrogens is 2. The lowest BCUT2D eigenvalue weighted by molar-refractivity contribution is -0.154. The quantitative estimate of drug-likeness (QED) is 0.0419. The first-order valence-electron chi connectivity index (χ1n) is 27.9. The molecule has 1 aliphatic rings. The molecule has 3 heterocycles. The van der Waals surface area contributed by atoms with Crippen molar-refractivity contribution in [1.29, 1.82) is 0 Å². The summed E-state index contributed by atoms with van der Waals surface area (Å²) in [5.74, 6) is -5.31. The predicted molar refractivity (Wildman–Crippen MR) is 327 cm³/mol. The molecule has 2 aromatic rings. The fourth-order valence-corrected chi connectivity index (χ4v) is 10.6. The van der Waals surface area contributed by atoms with Gasteiger partial charge in [-0.25, -0.2) is 14.8 Å². The van der Waals surface area contributed by atoms with Crippen LogP contribution >= 0.6 is 57.5 Å². The van der Waals surface area contributed by atoms with Gasteiger partial charge in [0.2, 0.25) is 3.79 Å². The van der Waals surface area contributed by atoms with Gasteiger partial charge in [-0.3, -0.25) is 19.2 Å². The van der Waals surface area contributed by atoms with Gasteiger partial charge in [0, 0.05) is 52.5 Å². The molecule has 0 aromatic carbocycles. The molecule has 0 fully saturated rings. The summed E-state index contributed by atoms with van der Waals surface area (Å²) in [6.07, 6.45) is -6.01. The van der Waals surface area contributed by atoms with Crippen molar-refractivity contribution in [3.05, 3.63) is 104 Å². The van der Waals surface area contributed by atoms with Crippen LogP contribution in [0, 0.1) is 54.3 Å². The highest BCUT2D eigenvalue weighted by molar-refractivity contribution is 7.09. The second-order valence-electron chi connectivity index (χ2n) is 22.9. The zero-order chi connectivity index (χ0) is 65.9. The number of ether oxygens (including phenoxy) is 4. The smallest absolute Gasteiger partial charge is 0.457 e. The number of aryl methyl sites for hydroxylation is 2. The first kappa shape index (κ1) is 77.5. The molecule has 86 heavy (non-hydrogen) atoms. The SMILES string of the molecule is C/C(=C\c1csc(C)n1)[C@@H]1C/C=C(/C(F)(F)F)C/C=C/C[C@H](C)[C@H](O)[C@@H](C)C(=O)C(C)(C)[C@@H](O)CC(=O)O1.C=CC/C(=C\C[C@H](OC(=O)C[C@H](C)C(C)(C)C(=O)[C@H](C)[C@@H](OC(=O)OCC(Cl)(Cl)Cl)[C@@H](C)CC=C)/C(C)=C/c1csc(C)n1)C(F)(F)F. The van der Waals surface area contributed by atoms with Gasteiger partial charge >= 0.3 is 30.4 Å². The fraction of sp³-hybridized carbons (Fsp3) is 0.597. The lowest BCUT2D eigenvalue weighted by Gasteiger charge is -2.36. The molecule has 1 aliphatic heterocycles. The van der Waals surface area contributed by atoms with Gasteiger partial charge in [-0.1, -0.05) is 134 Å². The van der Waals surface area contributed by atoms with Crippen LogP contribution in [0.5, 0.6) is 0 Å². The van der Waals surface area contributed by atoms with E-state index in [4.69, 9.17) is 53.8 Å². The summed E-state index contributed by atoms with van der Waals surface area (Å²) in [6.45, 7) is 28.2. The molecule has 0 spiro atoms. The number of hydrogen-bond donors (Lipinski definition) is 2. The number of aliphatic hydroxyl groups is 2. The molecule has 0 bridgehead atoms. The average molecular weight is 1320 g/mol. The van der Waals surface area contributed by atoms with E-state index in [1.165, 1.54) is 42.6 Å². The Balaban J connectivity index is 0.000000602. The lowest BCUT2D eigenvalue weighted by atomic mass is 9.69. The van der Waals surface area contributed by atoms with Gasteiger partial charge in [0.15, 0.2) is 0 Å². The summed E-state index contributed by atoms with van der Waals surface area (Å²) in [5.41, 5.74) is -1.90. The standard InChI is InChI=1S/C34H45Cl3F3NO6S.C28H38F3NO5S/c1-10-12-20(3)29(47-31(44)45-19-33(35,36)37)23(6)30(43)32(8,9)22(5)17-28(42)46-27(15-14-25(13-11-2)34(38,39)40)21(4)16-26-18-48-24(7)41-26;1-16-9-7-8-10-20(28(29,30)31)11-12-22(17(2)13-21-15-38-19(4)32-21)37-24(34)14-23(33)27(5,6)26(36)18(3)25(16)35/h10-11,14,16,18,20,22-23,27,29H,1-2,12-13,15,17,19H2,3-9H3;7-8,11,13,15-16,18,22-23,25,33,35H,9-10,12,14H2,1-6H3/b21-16+,25-14+;8-7+,17-13+,20-11+/t20-,22-,23+,27-,29-;16-,18+,22-,23-,25-/m00/s1. The molecule has 0 saturated carbocycles. The van der Waals surface area contributed by atoms with E-state index < -0.39 is 136 Å². The van der Waals surface area contributed by atoms with Crippen molar-refractivity contribution < 1.29 is 79.5 Å². The number of esters is 2. The molecule has 0 amide bonds. The molecule has 0 aliphatic carbocycles. The van der Waals surface area contributed by atoms with Gasteiger partial charge in [0.25, 0.3) is 0 Å². The molecule has 13 nitrogen and oxygen atoms in total. The summed E-state index contributed by atoms with van der Waals surface area (Å²) in [4.78, 5) is 74.3. The van der Waals surface area contributed by atoms with Gasteiger partial charge in [-0.15, -0.1) is 35.8 Å². The van der Waals surface area contributed by atoms with Crippen LogP contribution in [0.2, 0.25) is 0 Å². The van der Waals surface area contributed by atoms with Crippen LogP contribution in [0.3, 0.4) is 0 Å². The van der Waals surface area contributed by atoms with Crippen LogP contribution in [0.25, 0.3) is 12.2 Å². The van der Waals surface area contributed by atoms with E-state index in [0.29, 0.717) is 29.0 Å². The summed E-state index contributed by atoms with van der Waals surface area (Å²) in [6, 6.07) is 0. The van der Waals surface area contributed by atoms with Gasteiger partial charge < -0.3 is 29.2 Å². The topological polar surface area (TPSA) is 189 Å². The van der Waals surface area contributed by atoms with Gasteiger partial charge in [-0.05, 0) is 94.4 Å². The Morgan fingerprint density at radius 3 is 1.98 bits per heavy atom. The second-order valence-corrected chi connectivity index (χ2v) is 27.6. The third kappa shape index (κ3) is 25.5. The number of cyclic esters (lactones) is 1. The Hall–Kier alpha value is -4.64. The molecule has 0 radical (unpaired) electrons. The second kappa shape index (κ2) is 34.4. The van der Waals surface area contributed by atoms with Gasteiger partial charge in [-0.2, -0.15) is 26.3 Å². The number of ketones is 2. The molecule has 0 saturated heterocycles. The minimum Gasteiger partial charge on any atom is -0.457 e. The maximum absolute atomic E-state index is 13.9. The number of halogens is 9. The number of alkyl halides is 9. The number of nitrogens with zero attached hydrogens (tertiary/aromatic N) is 2. The van der Waals surface area contributed by atoms with Crippen LogP contribution in [-0.2, 0) is 38.1 Å². The first-order chi connectivity index (χ1) is 39.6. The number of hydrogen-bond acceptors (Lipinski definition) is 15. The number of aliphatic hydroxyl groups excluding tert-OH is 2. The number of Topliss-reactive ketones (excluding diaryl/α,β-unsaturated/α-hetero) is 2. The monoisotopic (exact) mass is 1310 g/mol. The van der Waals surface area contributed by atoms with Crippen molar-refractivity contribution in [2.75, 3.05) is 6.61 Å². The molecule has 482 valence electrons. The molecular weight excluding hydrogens is 1230 g/mol. The fourth-order valence-electron chi connectivity index (χ4n) is 9.25. The zero-order valence-electron chi connectivity index (χ0n) is 51.0. The number of rotatable bonds is 20. The minimum absolute atomic E-state index is 0.216. The van der Waals surface area contributed by atoms with E-state index in [1.54, 1.807) is 97.4 Å². The Labute approximate surface area is 525 Å². The maximum Gasteiger partial charge on any atom is 0.508 e. The number of carbonyl (C=O) groups excluding carboxylic acids is 5. The molecule has 0 unspecified atom stereocenters. The maximum atomic E-state index is 13.9. The van der Waals surface area contributed by atoms with E-state index in [1.807, 2.05) is 13.8 Å². The molecule has 10 atom stereocenters. The Bertz CT molecular complexity index is 2780. The first-order valence-corrected chi connectivity index (χ1v) is 30.8. The number of carbonyl (C=O) groups is 5. The van der Waals surface area contributed by atoms with E-state index >= 15 is 0 Å². The minimum atomic E-state index is -4.59. The van der Waals surface area contributed by atoms with Crippen LogP contribution < -0.4 is 0 Å². The molecule has 2 N–H and O–H groups in total. The summed E-state index contributed by atoms with van der Waals surface area (Å²) < 4.78 is 102. The Morgan fingerprint density at radius 1 is 0.884 bits per heavy atom. The summed E-state index contributed by atoms with van der Waals surface area (Å²) in [5, 5.41) is 26.7. The highest BCUT2D eigenvalue weighted by atomic mass is 35.6. The molecule has 3 rings (SSSR count). The largest absolute Gasteiger partial charge is 0.508 e. The zero-order valence-corrected chi connectivity index (χ0v) is 54.9. The molecule has 24 heteroatoms. The van der Waals surface area contributed by atoms with Crippen LogP contribution in [0.1, 0.15) is 149 Å². The molecular formula is C62H83Cl3F6N2O11S2. The number of allylic oxidation sites excluding steroid dienone is 6. The van der Waals surface area contributed by atoms with Crippen molar-refractivity contribution >= 4 is 99.3 Å². The van der Waals surface area contributed by atoms with Gasteiger partial charge in [0.05, 0.1) is 51.4 Å². The van der Waals surface area contributed by atoms with Gasteiger partial charge in [0.1, 0.15) is 36.5 Å². The molecule has 2 aromatic heterocycles. The van der Waals surface area contributed by atoms with E-state index in [2.05, 4.69) is 23.1 Å². The van der Waals surface area contributed by atoms with E-state index in [0.717, 1.165) is 28.2 Å². The van der Waals surface area contributed by atoms with E-state index in [9.17, 15) is 60.5 Å². The summed E-state index contributed by atoms with van der Waals surface area (Å²) >= 11 is 19.8. The van der Waals surface area contributed by atoms with Crippen LogP contribution in [0.15, 0.2) is 82.7 Å². The van der Waals surface area contributed by atoms with Crippen molar-refractivity contribution in [1.82, 2.24) is 9.97 Å². The van der Waals surface area contributed by atoms with Crippen molar-refractivity contribution in [3.8, 4) is 0 Å². The average Bonchev–Trinajstić information content (AvgIpc) is 1.86. The van der Waals surface area contributed by atoms with Crippen molar-refractivity contribution in [2.24, 2.45) is 40.4 Å². The Kier molecular flexibility index (Phi) is 30.9. The van der Waals surface area contributed by atoms with Crippen molar-refractivity contribution in [2.45, 2.75) is 188 Å². The summed E-state index contributed by atoms with van der Waals surface area (Å²) in [7, 11) is 0. The normalized spacial score (nSPS) is 22.9. The highest BCUT2D eigenvalue weighted by Gasteiger charge is 2.45. The number of thiazole rings is 2. The van der Waals surface area contributed by atoms with Crippen LogP contribution in [0.4, 0.5) is 31.1 Å². The highest BCUT2D eigenvalue weighted by Crippen LogP contribution is 2.39. The van der Waals surface area contributed by atoms with Crippen molar-refractivity contribution in [3.63, 3.8) is 0 Å². The lowest BCUT2D eigenvalue weighted by Crippen LogP contribution is -2.45. The Morgan fingerprint density at radius 2 is 1.47 bits per heavy atom.